The summed E-state index contributed by atoms with van der Waals surface area (Å²) in [5.74, 6) is -1.50. The highest BCUT2D eigenvalue weighted by Gasteiger charge is 2.47. The van der Waals surface area contributed by atoms with E-state index in [9.17, 15) is 14.7 Å². The summed E-state index contributed by atoms with van der Waals surface area (Å²) in [5.41, 5.74) is 3.44. The highest BCUT2D eigenvalue weighted by Crippen LogP contribution is 2.44. The Balaban J connectivity index is 1.92. The molecule has 1 heterocycles. The van der Waals surface area contributed by atoms with Gasteiger partial charge in [-0.15, -0.1) is 0 Å². The highest BCUT2D eigenvalue weighted by molar-refractivity contribution is 6.51. The molecule has 1 aliphatic heterocycles. The van der Waals surface area contributed by atoms with Crippen LogP contribution in [0.25, 0.3) is 5.76 Å². The van der Waals surface area contributed by atoms with E-state index in [4.69, 9.17) is 16.3 Å². The standard InChI is InChI=1S/C30H32ClN3O4/c1-6-33(7-2)22-11-8-19(9-12-22)27-26(28(35)24-18-20(31)10-17-25(24)38-5)29(36)30(37)34(27)23-15-13-21(14-16-23)32(3)4/h8-18,27,35H,6-7H2,1-5H3/b28-26+. The molecule has 1 fully saturated rings. The Morgan fingerprint density at radius 1 is 0.947 bits per heavy atom. The van der Waals surface area contributed by atoms with Crippen molar-refractivity contribution in [3.63, 3.8) is 0 Å². The van der Waals surface area contributed by atoms with Crippen LogP contribution < -0.4 is 19.4 Å². The van der Waals surface area contributed by atoms with Crippen LogP contribution >= 0.6 is 11.6 Å². The third-order valence-corrected chi connectivity index (χ3v) is 7.08. The number of carbonyl (C=O) groups is 2. The summed E-state index contributed by atoms with van der Waals surface area (Å²) in [5, 5.41) is 11.9. The van der Waals surface area contributed by atoms with Gasteiger partial charge in [0, 0.05) is 49.3 Å². The molecule has 0 radical (unpaired) electrons. The van der Waals surface area contributed by atoms with Gasteiger partial charge in [0.25, 0.3) is 11.7 Å². The molecule has 0 spiro atoms. The third-order valence-electron chi connectivity index (χ3n) is 6.84. The van der Waals surface area contributed by atoms with Crippen molar-refractivity contribution in [1.29, 1.82) is 0 Å². The average molecular weight is 534 g/mol. The van der Waals surface area contributed by atoms with Crippen LogP contribution in [-0.2, 0) is 9.59 Å². The Bertz CT molecular complexity index is 1360. The molecule has 198 valence electrons. The smallest absolute Gasteiger partial charge is 0.300 e. The lowest BCUT2D eigenvalue weighted by Gasteiger charge is -2.27. The summed E-state index contributed by atoms with van der Waals surface area (Å²) in [6, 6.07) is 19.0. The minimum Gasteiger partial charge on any atom is -0.507 e. The molecule has 1 saturated heterocycles. The molecule has 1 unspecified atom stereocenters. The largest absolute Gasteiger partial charge is 0.507 e. The van der Waals surface area contributed by atoms with Crippen molar-refractivity contribution in [3.8, 4) is 5.75 Å². The topological polar surface area (TPSA) is 73.3 Å². The monoisotopic (exact) mass is 533 g/mol. The molecule has 3 aromatic rings. The lowest BCUT2D eigenvalue weighted by Crippen LogP contribution is -2.29. The van der Waals surface area contributed by atoms with E-state index in [0.29, 0.717) is 22.0 Å². The summed E-state index contributed by atoms with van der Waals surface area (Å²) >= 11 is 6.22. The van der Waals surface area contributed by atoms with Crippen molar-refractivity contribution in [2.24, 2.45) is 0 Å². The van der Waals surface area contributed by atoms with Crippen molar-refractivity contribution in [1.82, 2.24) is 0 Å². The zero-order valence-electron chi connectivity index (χ0n) is 22.2. The van der Waals surface area contributed by atoms with Gasteiger partial charge in [0.1, 0.15) is 11.5 Å². The SMILES string of the molecule is CCN(CC)c1ccc(C2/C(=C(\O)c3cc(Cl)ccc3OC)C(=O)C(=O)N2c2ccc(N(C)C)cc2)cc1. The fourth-order valence-electron chi connectivity index (χ4n) is 4.79. The van der Waals surface area contributed by atoms with E-state index in [2.05, 4.69) is 18.7 Å². The van der Waals surface area contributed by atoms with Gasteiger partial charge in [0.2, 0.25) is 0 Å². The summed E-state index contributed by atoms with van der Waals surface area (Å²) in [4.78, 5) is 32.6. The number of ketones is 1. The van der Waals surface area contributed by atoms with Crippen LogP contribution in [0.15, 0.2) is 72.3 Å². The van der Waals surface area contributed by atoms with Gasteiger partial charge in [-0.3, -0.25) is 14.5 Å². The summed E-state index contributed by atoms with van der Waals surface area (Å²) in [6.45, 7) is 5.87. The molecule has 1 amide bonds. The summed E-state index contributed by atoms with van der Waals surface area (Å²) in [6.07, 6.45) is 0. The first-order valence-corrected chi connectivity index (χ1v) is 12.9. The maximum Gasteiger partial charge on any atom is 0.300 e. The molecule has 1 atom stereocenters. The second-order valence-corrected chi connectivity index (χ2v) is 9.62. The van der Waals surface area contributed by atoms with Crippen molar-refractivity contribution < 1.29 is 19.4 Å². The maximum absolute atomic E-state index is 13.5. The van der Waals surface area contributed by atoms with Crippen molar-refractivity contribution in [3.05, 3.63) is 88.5 Å². The number of benzene rings is 3. The van der Waals surface area contributed by atoms with E-state index in [-0.39, 0.29) is 16.9 Å². The molecule has 0 aromatic heterocycles. The minimum atomic E-state index is -0.852. The predicted molar refractivity (Wildman–Crippen MR) is 154 cm³/mol. The maximum atomic E-state index is 13.5. The van der Waals surface area contributed by atoms with Crippen LogP contribution in [-0.4, -0.2) is 51.1 Å². The number of ether oxygens (including phenoxy) is 1. The Labute approximate surface area is 228 Å². The van der Waals surface area contributed by atoms with E-state index in [1.54, 1.807) is 24.3 Å². The van der Waals surface area contributed by atoms with Crippen molar-refractivity contribution in [2.75, 3.05) is 49.0 Å². The number of anilines is 3. The lowest BCUT2D eigenvalue weighted by molar-refractivity contribution is -0.132. The molecule has 8 heteroatoms. The number of methoxy groups -OCH3 is 1. The van der Waals surface area contributed by atoms with Gasteiger partial charge < -0.3 is 19.6 Å². The number of hydrogen-bond acceptors (Lipinski definition) is 6. The number of aliphatic hydroxyl groups excluding tert-OH is 1. The highest BCUT2D eigenvalue weighted by atomic mass is 35.5. The van der Waals surface area contributed by atoms with Gasteiger partial charge in [-0.2, -0.15) is 0 Å². The second-order valence-electron chi connectivity index (χ2n) is 9.19. The molecule has 3 aromatic carbocycles. The molecule has 0 aliphatic carbocycles. The Morgan fingerprint density at radius 3 is 2.11 bits per heavy atom. The van der Waals surface area contributed by atoms with E-state index in [1.165, 1.54) is 18.1 Å². The number of aliphatic hydroxyl groups is 1. The fourth-order valence-corrected chi connectivity index (χ4v) is 4.96. The average Bonchev–Trinajstić information content (AvgIpc) is 3.19. The van der Waals surface area contributed by atoms with Crippen LogP contribution in [0.4, 0.5) is 17.1 Å². The van der Waals surface area contributed by atoms with Crippen LogP contribution in [0.5, 0.6) is 5.75 Å². The van der Waals surface area contributed by atoms with Crippen LogP contribution in [0.1, 0.15) is 31.0 Å². The van der Waals surface area contributed by atoms with Gasteiger partial charge in [-0.25, -0.2) is 0 Å². The van der Waals surface area contributed by atoms with Gasteiger partial charge in [0.15, 0.2) is 0 Å². The van der Waals surface area contributed by atoms with Crippen molar-refractivity contribution in [2.45, 2.75) is 19.9 Å². The van der Waals surface area contributed by atoms with Crippen molar-refractivity contribution >= 4 is 46.1 Å². The molecule has 7 nitrogen and oxygen atoms in total. The molecule has 38 heavy (non-hydrogen) atoms. The molecule has 1 N–H and O–H groups in total. The van der Waals surface area contributed by atoms with Gasteiger partial charge in [-0.1, -0.05) is 23.7 Å². The number of hydrogen-bond donors (Lipinski definition) is 1. The number of carbonyl (C=O) groups excluding carboxylic acids is 2. The summed E-state index contributed by atoms with van der Waals surface area (Å²) in [7, 11) is 5.32. The van der Waals surface area contributed by atoms with Crippen LogP contribution in [0.3, 0.4) is 0 Å². The second kappa shape index (κ2) is 11.2. The number of nitrogens with zero attached hydrogens (tertiary/aromatic N) is 3. The lowest BCUT2D eigenvalue weighted by atomic mass is 9.94. The first-order valence-electron chi connectivity index (χ1n) is 12.5. The van der Waals surface area contributed by atoms with E-state index in [0.717, 1.165) is 24.5 Å². The zero-order chi connectivity index (χ0) is 27.6. The van der Waals surface area contributed by atoms with Crippen LogP contribution in [0, 0.1) is 0 Å². The number of halogens is 1. The van der Waals surface area contributed by atoms with E-state index in [1.807, 2.05) is 55.4 Å². The summed E-state index contributed by atoms with van der Waals surface area (Å²) < 4.78 is 5.43. The zero-order valence-corrected chi connectivity index (χ0v) is 23.0. The minimum absolute atomic E-state index is 0.0251. The Kier molecular flexibility index (Phi) is 7.97. The molecule has 0 bridgehead atoms. The van der Waals surface area contributed by atoms with Gasteiger partial charge in [-0.05, 0) is 74.0 Å². The van der Waals surface area contributed by atoms with Crippen LogP contribution in [0.2, 0.25) is 5.02 Å². The number of rotatable bonds is 8. The number of Topliss-reactive ketones (excluding diaryl/α,β-unsaturated/α-hetero) is 1. The first-order chi connectivity index (χ1) is 18.2. The molecular weight excluding hydrogens is 502 g/mol. The fraction of sp³-hybridized carbons (Fsp3) is 0.267. The predicted octanol–water partition coefficient (Wildman–Crippen LogP) is 5.89. The van der Waals surface area contributed by atoms with Gasteiger partial charge in [0.05, 0.1) is 24.3 Å². The number of amides is 1. The molecule has 4 rings (SSSR count). The van der Waals surface area contributed by atoms with E-state index >= 15 is 0 Å². The first kappa shape index (κ1) is 27.1. The molecular formula is C30H32ClN3O4. The Hall–Kier alpha value is -3.97. The van der Waals surface area contributed by atoms with Gasteiger partial charge >= 0.3 is 0 Å². The Morgan fingerprint density at radius 2 is 1.55 bits per heavy atom. The molecule has 1 aliphatic rings. The molecule has 0 saturated carbocycles. The van der Waals surface area contributed by atoms with E-state index < -0.39 is 17.7 Å². The third kappa shape index (κ3) is 4.94. The quantitative estimate of drug-likeness (QED) is 0.221. The normalized spacial score (nSPS) is 16.6.